The van der Waals surface area contributed by atoms with E-state index in [0.717, 1.165) is 0 Å². The number of hydrogen-bond donors (Lipinski definition) is 3. The second kappa shape index (κ2) is 4.52. The standard InChI is InChI=1S/C12H11N3O2/c13-11-7-8(5-6-14-11)15-10-4-2-1-3-9(10)12(16)17/h1-7H,(H,16,17)(H3,13,14,15). The Balaban J connectivity index is 2.33. The third-order valence-electron chi connectivity index (χ3n) is 2.22. The van der Waals surface area contributed by atoms with Crippen LogP contribution >= 0.6 is 0 Å². The zero-order chi connectivity index (χ0) is 12.3. The van der Waals surface area contributed by atoms with Crippen LogP contribution in [0.15, 0.2) is 42.6 Å². The molecule has 0 aliphatic heterocycles. The maximum Gasteiger partial charge on any atom is 0.337 e. The predicted molar refractivity (Wildman–Crippen MR) is 65.3 cm³/mol. The van der Waals surface area contributed by atoms with Gasteiger partial charge in [0.15, 0.2) is 0 Å². The topological polar surface area (TPSA) is 88.2 Å². The Morgan fingerprint density at radius 2 is 2.06 bits per heavy atom. The van der Waals surface area contributed by atoms with Crippen LogP contribution in [0.1, 0.15) is 10.4 Å². The number of para-hydroxylation sites is 1. The van der Waals surface area contributed by atoms with E-state index in [2.05, 4.69) is 10.3 Å². The normalized spacial score (nSPS) is 9.88. The molecule has 0 aliphatic rings. The number of pyridine rings is 1. The van der Waals surface area contributed by atoms with Crippen molar-refractivity contribution in [2.45, 2.75) is 0 Å². The molecule has 2 rings (SSSR count). The molecular formula is C12H11N3O2. The molecule has 1 heterocycles. The van der Waals surface area contributed by atoms with Gasteiger partial charge in [0, 0.05) is 18.0 Å². The first-order valence-electron chi connectivity index (χ1n) is 4.97. The van der Waals surface area contributed by atoms with Gasteiger partial charge in [0.1, 0.15) is 5.82 Å². The Labute approximate surface area is 97.9 Å². The lowest BCUT2D eigenvalue weighted by molar-refractivity contribution is 0.0698. The van der Waals surface area contributed by atoms with Crippen LogP contribution in [-0.2, 0) is 0 Å². The SMILES string of the molecule is Nc1cc(Nc2ccccc2C(=O)O)ccn1. The van der Waals surface area contributed by atoms with Crippen molar-refractivity contribution in [2.24, 2.45) is 0 Å². The maximum absolute atomic E-state index is 11.0. The highest BCUT2D eigenvalue weighted by Gasteiger charge is 2.08. The molecule has 4 N–H and O–H groups in total. The number of carboxylic acid groups (broad SMARTS) is 1. The monoisotopic (exact) mass is 229 g/mol. The van der Waals surface area contributed by atoms with E-state index in [1.165, 1.54) is 6.07 Å². The Hall–Kier alpha value is -2.56. The zero-order valence-electron chi connectivity index (χ0n) is 8.92. The molecule has 0 unspecified atom stereocenters. The first-order valence-corrected chi connectivity index (χ1v) is 4.97. The number of hydrogen-bond acceptors (Lipinski definition) is 4. The van der Waals surface area contributed by atoms with E-state index < -0.39 is 5.97 Å². The highest BCUT2D eigenvalue weighted by atomic mass is 16.4. The first kappa shape index (κ1) is 10.9. The van der Waals surface area contributed by atoms with Gasteiger partial charge in [0.25, 0.3) is 0 Å². The van der Waals surface area contributed by atoms with Crippen molar-refractivity contribution in [3.05, 3.63) is 48.2 Å². The third kappa shape index (κ3) is 2.52. The number of benzene rings is 1. The van der Waals surface area contributed by atoms with Crippen LogP contribution in [0, 0.1) is 0 Å². The second-order valence-electron chi connectivity index (χ2n) is 3.45. The molecule has 5 nitrogen and oxygen atoms in total. The van der Waals surface area contributed by atoms with E-state index in [1.807, 2.05) is 0 Å². The molecule has 0 atom stereocenters. The minimum Gasteiger partial charge on any atom is -0.478 e. The number of nitrogens with two attached hydrogens (primary N) is 1. The molecular weight excluding hydrogens is 218 g/mol. The van der Waals surface area contributed by atoms with Gasteiger partial charge in [-0.15, -0.1) is 0 Å². The number of aromatic carboxylic acids is 1. The van der Waals surface area contributed by atoms with Crippen molar-refractivity contribution in [3.8, 4) is 0 Å². The summed E-state index contributed by atoms with van der Waals surface area (Å²) < 4.78 is 0. The van der Waals surface area contributed by atoms with Crippen LogP contribution < -0.4 is 11.1 Å². The van der Waals surface area contributed by atoms with Crippen molar-refractivity contribution in [1.82, 2.24) is 4.98 Å². The molecule has 1 aromatic carbocycles. The van der Waals surface area contributed by atoms with E-state index in [9.17, 15) is 4.79 Å². The fourth-order valence-electron chi connectivity index (χ4n) is 1.46. The smallest absolute Gasteiger partial charge is 0.337 e. The van der Waals surface area contributed by atoms with Crippen molar-refractivity contribution in [3.63, 3.8) is 0 Å². The minimum atomic E-state index is -0.977. The molecule has 0 amide bonds. The average molecular weight is 229 g/mol. The van der Waals surface area contributed by atoms with E-state index in [0.29, 0.717) is 17.2 Å². The number of nitrogen functional groups attached to an aromatic ring is 1. The summed E-state index contributed by atoms with van der Waals surface area (Å²) in [6.07, 6.45) is 1.56. The molecule has 17 heavy (non-hydrogen) atoms. The quantitative estimate of drug-likeness (QED) is 0.750. The zero-order valence-corrected chi connectivity index (χ0v) is 8.92. The number of carboxylic acids is 1. The summed E-state index contributed by atoms with van der Waals surface area (Å²) in [5.74, 6) is -0.599. The van der Waals surface area contributed by atoms with E-state index in [-0.39, 0.29) is 5.56 Å². The highest BCUT2D eigenvalue weighted by molar-refractivity contribution is 5.95. The Kier molecular flexibility index (Phi) is 2.91. The summed E-state index contributed by atoms with van der Waals surface area (Å²) in [5.41, 5.74) is 6.97. The fourth-order valence-corrected chi connectivity index (χ4v) is 1.46. The van der Waals surface area contributed by atoms with Crippen LogP contribution in [0.2, 0.25) is 0 Å². The number of anilines is 3. The van der Waals surface area contributed by atoms with Crippen LogP contribution in [0.25, 0.3) is 0 Å². The summed E-state index contributed by atoms with van der Waals surface area (Å²) >= 11 is 0. The van der Waals surface area contributed by atoms with E-state index >= 15 is 0 Å². The van der Waals surface area contributed by atoms with Gasteiger partial charge in [-0.2, -0.15) is 0 Å². The van der Waals surface area contributed by atoms with E-state index in [1.54, 1.807) is 36.5 Å². The number of rotatable bonds is 3. The van der Waals surface area contributed by atoms with Crippen molar-refractivity contribution < 1.29 is 9.90 Å². The first-order chi connectivity index (χ1) is 8.16. The Morgan fingerprint density at radius 3 is 2.76 bits per heavy atom. The number of nitrogens with zero attached hydrogens (tertiary/aromatic N) is 1. The molecule has 2 aromatic rings. The van der Waals surface area contributed by atoms with Gasteiger partial charge in [0.2, 0.25) is 0 Å². The minimum absolute atomic E-state index is 0.211. The fraction of sp³-hybridized carbons (Fsp3) is 0. The van der Waals surface area contributed by atoms with E-state index in [4.69, 9.17) is 10.8 Å². The van der Waals surface area contributed by atoms with Gasteiger partial charge in [0.05, 0.1) is 11.3 Å². The summed E-state index contributed by atoms with van der Waals surface area (Å²) in [7, 11) is 0. The van der Waals surface area contributed by atoms with Gasteiger partial charge in [-0.1, -0.05) is 12.1 Å². The molecule has 0 saturated heterocycles. The van der Waals surface area contributed by atoms with Crippen LogP contribution in [0.5, 0.6) is 0 Å². The summed E-state index contributed by atoms with van der Waals surface area (Å²) in [5, 5.41) is 12.0. The third-order valence-corrected chi connectivity index (χ3v) is 2.22. The molecule has 0 radical (unpaired) electrons. The molecule has 0 aliphatic carbocycles. The second-order valence-corrected chi connectivity index (χ2v) is 3.45. The van der Waals surface area contributed by atoms with Crippen molar-refractivity contribution in [2.75, 3.05) is 11.1 Å². The van der Waals surface area contributed by atoms with Gasteiger partial charge < -0.3 is 16.2 Å². The molecule has 5 heteroatoms. The highest BCUT2D eigenvalue weighted by Crippen LogP contribution is 2.21. The van der Waals surface area contributed by atoms with Gasteiger partial charge in [-0.05, 0) is 18.2 Å². The van der Waals surface area contributed by atoms with Crippen LogP contribution in [0.3, 0.4) is 0 Å². The van der Waals surface area contributed by atoms with Gasteiger partial charge in [-0.25, -0.2) is 9.78 Å². The largest absolute Gasteiger partial charge is 0.478 e. The molecule has 0 spiro atoms. The molecule has 0 bridgehead atoms. The molecule has 86 valence electrons. The molecule has 0 fully saturated rings. The summed E-state index contributed by atoms with van der Waals surface area (Å²) in [6.45, 7) is 0. The Bertz CT molecular complexity index is 555. The average Bonchev–Trinajstić information content (AvgIpc) is 2.29. The predicted octanol–water partition coefficient (Wildman–Crippen LogP) is 2.11. The van der Waals surface area contributed by atoms with Crippen molar-refractivity contribution >= 4 is 23.2 Å². The number of aromatic nitrogens is 1. The van der Waals surface area contributed by atoms with Gasteiger partial charge >= 0.3 is 5.97 Å². The summed E-state index contributed by atoms with van der Waals surface area (Å²) in [4.78, 5) is 14.9. The lowest BCUT2D eigenvalue weighted by Crippen LogP contribution is -2.02. The Morgan fingerprint density at radius 1 is 1.29 bits per heavy atom. The maximum atomic E-state index is 11.0. The summed E-state index contributed by atoms with van der Waals surface area (Å²) in [6, 6.07) is 10.0. The molecule has 1 aromatic heterocycles. The molecule has 0 saturated carbocycles. The van der Waals surface area contributed by atoms with Crippen LogP contribution in [0.4, 0.5) is 17.2 Å². The van der Waals surface area contributed by atoms with Crippen LogP contribution in [-0.4, -0.2) is 16.1 Å². The van der Waals surface area contributed by atoms with Gasteiger partial charge in [-0.3, -0.25) is 0 Å². The lowest BCUT2D eigenvalue weighted by atomic mass is 10.1. The lowest BCUT2D eigenvalue weighted by Gasteiger charge is -2.09. The van der Waals surface area contributed by atoms with Crippen molar-refractivity contribution in [1.29, 1.82) is 0 Å². The number of carbonyl (C=O) groups is 1. The number of nitrogens with one attached hydrogen (secondary N) is 1.